The third-order valence-electron chi connectivity index (χ3n) is 5.60. The van der Waals surface area contributed by atoms with Crippen LogP contribution >= 0.6 is 11.8 Å². The highest BCUT2D eigenvalue weighted by Crippen LogP contribution is 2.24. The van der Waals surface area contributed by atoms with Crippen molar-refractivity contribution < 1.29 is 9.84 Å². The third-order valence-corrected chi connectivity index (χ3v) is 6.67. The summed E-state index contributed by atoms with van der Waals surface area (Å²) in [5, 5.41) is 20.2. The van der Waals surface area contributed by atoms with Gasteiger partial charge in [-0.15, -0.1) is 16.8 Å². The first-order chi connectivity index (χ1) is 17.2. The topological polar surface area (TPSA) is 81.7 Å². The second kappa shape index (κ2) is 10.2. The van der Waals surface area contributed by atoms with Crippen LogP contribution in [0.3, 0.4) is 0 Å². The molecule has 0 saturated heterocycles. The van der Waals surface area contributed by atoms with Crippen LogP contribution in [0.4, 0.5) is 0 Å². The van der Waals surface area contributed by atoms with Gasteiger partial charge in [0.15, 0.2) is 5.16 Å². The van der Waals surface area contributed by atoms with Crippen LogP contribution < -0.4 is 10.3 Å². The summed E-state index contributed by atoms with van der Waals surface area (Å²) < 4.78 is 9.19. The number of nitrogens with zero attached hydrogens (tertiary/aromatic N) is 4. The first kappa shape index (κ1) is 22.9. The maximum Gasteiger partial charge on any atom is 0.263 e. The molecule has 5 rings (SSSR count). The van der Waals surface area contributed by atoms with E-state index in [-0.39, 0.29) is 12.2 Å². The molecular weight excluding hydrogens is 460 g/mol. The van der Waals surface area contributed by atoms with Crippen LogP contribution in [-0.4, -0.2) is 42.7 Å². The van der Waals surface area contributed by atoms with Gasteiger partial charge in [-0.05, 0) is 35.4 Å². The molecule has 0 aliphatic carbocycles. The number of hydrogen-bond donors (Lipinski definition) is 1. The van der Waals surface area contributed by atoms with E-state index in [4.69, 9.17) is 4.74 Å². The quantitative estimate of drug-likeness (QED) is 0.246. The Morgan fingerprint density at radius 2 is 1.69 bits per heavy atom. The highest BCUT2D eigenvalue weighted by atomic mass is 32.2. The zero-order valence-electron chi connectivity index (χ0n) is 18.9. The summed E-state index contributed by atoms with van der Waals surface area (Å²) in [4.78, 5) is 12.9. The number of aromatic nitrogens is 4. The first-order valence-electron chi connectivity index (χ1n) is 11.2. The van der Waals surface area contributed by atoms with Crippen molar-refractivity contribution >= 4 is 28.4 Å². The van der Waals surface area contributed by atoms with Crippen molar-refractivity contribution in [3.8, 4) is 16.9 Å². The van der Waals surface area contributed by atoms with E-state index >= 15 is 0 Å². The average molecular weight is 485 g/mol. The van der Waals surface area contributed by atoms with Gasteiger partial charge in [0.2, 0.25) is 5.78 Å². The van der Waals surface area contributed by atoms with E-state index in [1.165, 1.54) is 11.8 Å². The molecule has 0 aliphatic rings. The molecule has 7 nitrogen and oxygen atoms in total. The highest BCUT2D eigenvalue weighted by Gasteiger charge is 2.17. The van der Waals surface area contributed by atoms with Crippen molar-refractivity contribution in [2.45, 2.75) is 17.8 Å². The summed E-state index contributed by atoms with van der Waals surface area (Å²) >= 11 is 1.37. The van der Waals surface area contributed by atoms with E-state index in [0.29, 0.717) is 34.4 Å². The predicted molar refractivity (Wildman–Crippen MR) is 139 cm³/mol. The first-order valence-corrected chi connectivity index (χ1v) is 12.2. The average Bonchev–Trinajstić information content (AvgIpc) is 3.33. The molecule has 3 aromatic carbocycles. The fourth-order valence-electron chi connectivity index (χ4n) is 3.91. The summed E-state index contributed by atoms with van der Waals surface area (Å²) in [6, 6.07) is 25.3. The van der Waals surface area contributed by atoms with Crippen molar-refractivity contribution in [1.29, 1.82) is 0 Å². The Hall–Kier alpha value is -3.88. The van der Waals surface area contributed by atoms with E-state index < -0.39 is 6.10 Å². The lowest BCUT2D eigenvalue weighted by Gasteiger charge is -2.13. The second-order valence-corrected chi connectivity index (χ2v) is 8.99. The highest BCUT2D eigenvalue weighted by molar-refractivity contribution is 7.99. The van der Waals surface area contributed by atoms with Crippen molar-refractivity contribution in [3.63, 3.8) is 0 Å². The molecule has 1 N–H and O–H groups in total. The maximum absolute atomic E-state index is 12.9. The normalized spacial score (nSPS) is 12.1. The minimum absolute atomic E-state index is 0.135. The number of allylic oxidation sites excluding steroid dienone is 1. The molecule has 0 spiro atoms. The number of aliphatic hydroxyl groups is 1. The molecule has 1 atom stereocenters. The lowest BCUT2D eigenvalue weighted by atomic mass is 10.1. The molecule has 35 heavy (non-hydrogen) atoms. The Bertz CT molecular complexity index is 1530. The molecule has 0 amide bonds. The zero-order chi connectivity index (χ0) is 24.2. The molecule has 0 bridgehead atoms. The van der Waals surface area contributed by atoms with Gasteiger partial charge in [-0.1, -0.05) is 72.4 Å². The molecule has 1 unspecified atom stereocenters. The Kier molecular flexibility index (Phi) is 6.65. The van der Waals surface area contributed by atoms with E-state index in [0.717, 1.165) is 16.6 Å². The number of para-hydroxylation sites is 1. The Labute approximate surface area is 206 Å². The molecule has 2 aromatic heterocycles. The van der Waals surface area contributed by atoms with E-state index in [2.05, 4.69) is 28.9 Å². The lowest BCUT2D eigenvalue weighted by molar-refractivity contribution is 0.126. The predicted octanol–water partition coefficient (Wildman–Crippen LogP) is 4.43. The van der Waals surface area contributed by atoms with Crippen LogP contribution in [0.25, 0.3) is 27.8 Å². The van der Waals surface area contributed by atoms with Crippen LogP contribution in [0.2, 0.25) is 0 Å². The number of aliphatic hydroxyl groups excluding tert-OH is 1. The van der Waals surface area contributed by atoms with Crippen molar-refractivity contribution in [2.75, 3.05) is 12.4 Å². The summed E-state index contributed by atoms with van der Waals surface area (Å²) in [6.07, 6.45) is 0.942. The molecule has 2 heterocycles. The summed E-state index contributed by atoms with van der Waals surface area (Å²) in [5.41, 5.74) is 2.84. The van der Waals surface area contributed by atoms with E-state index in [1.54, 1.807) is 16.7 Å². The third kappa shape index (κ3) is 4.71. The zero-order valence-corrected chi connectivity index (χ0v) is 19.8. The van der Waals surface area contributed by atoms with Gasteiger partial charge in [-0.2, -0.15) is 0 Å². The van der Waals surface area contributed by atoms with Gasteiger partial charge in [-0.3, -0.25) is 13.8 Å². The Morgan fingerprint density at radius 1 is 0.971 bits per heavy atom. The van der Waals surface area contributed by atoms with Crippen LogP contribution in [0.15, 0.2) is 101 Å². The fourth-order valence-corrected chi connectivity index (χ4v) is 4.75. The van der Waals surface area contributed by atoms with Crippen LogP contribution in [0, 0.1) is 0 Å². The Balaban J connectivity index is 1.28. The molecule has 5 aromatic rings. The number of hydrogen-bond acceptors (Lipinski definition) is 6. The van der Waals surface area contributed by atoms with Gasteiger partial charge in [0.25, 0.3) is 5.56 Å². The molecule has 8 heteroatoms. The molecular formula is C27H24N4O3S. The van der Waals surface area contributed by atoms with Crippen LogP contribution in [0.1, 0.15) is 0 Å². The number of fused-ring (bicyclic) bond motifs is 3. The van der Waals surface area contributed by atoms with Gasteiger partial charge >= 0.3 is 0 Å². The minimum Gasteiger partial charge on any atom is -0.491 e. The maximum atomic E-state index is 12.9. The van der Waals surface area contributed by atoms with E-state index in [9.17, 15) is 9.90 Å². The largest absolute Gasteiger partial charge is 0.491 e. The number of rotatable bonds is 9. The fraction of sp³-hybridized carbons (Fsp3) is 0.148. The minimum atomic E-state index is -0.716. The van der Waals surface area contributed by atoms with Crippen molar-refractivity contribution in [2.24, 2.45) is 0 Å². The molecule has 0 aliphatic heterocycles. The smallest absolute Gasteiger partial charge is 0.263 e. The van der Waals surface area contributed by atoms with E-state index in [1.807, 2.05) is 65.1 Å². The number of thioether (sulfide) groups is 1. The number of ether oxygens (including phenoxy) is 1. The van der Waals surface area contributed by atoms with Crippen LogP contribution in [0.5, 0.6) is 5.75 Å². The molecule has 0 fully saturated rings. The van der Waals surface area contributed by atoms with Gasteiger partial charge in [0.1, 0.15) is 12.4 Å². The standard InChI is InChI=1S/C27H24N4O3S/c1-2-16-30-25(33)23-10-6-7-11-24(23)31-26(30)28-29-27(31)35-18-21(32)17-34-22-14-12-20(13-15-22)19-8-4-3-5-9-19/h2-15,21,32H,1,16-18H2. The van der Waals surface area contributed by atoms with Gasteiger partial charge in [-0.25, -0.2) is 0 Å². The van der Waals surface area contributed by atoms with Crippen molar-refractivity contribution in [1.82, 2.24) is 19.2 Å². The summed E-state index contributed by atoms with van der Waals surface area (Å²) in [5.74, 6) is 1.50. The molecule has 0 saturated carbocycles. The summed E-state index contributed by atoms with van der Waals surface area (Å²) in [6.45, 7) is 4.22. The summed E-state index contributed by atoms with van der Waals surface area (Å²) in [7, 11) is 0. The van der Waals surface area contributed by atoms with Gasteiger partial charge in [0.05, 0.1) is 17.0 Å². The van der Waals surface area contributed by atoms with Crippen LogP contribution in [-0.2, 0) is 6.54 Å². The molecule has 176 valence electrons. The SMILES string of the molecule is C=CCn1c(=O)c2ccccc2n2c(SCC(O)COc3ccc(-c4ccccc4)cc3)nnc12. The van der Waals surface area contributed by atoms with Gasteiger partial charge < -0.3 is 9.84 Å². The monoisotopic (exact) mass is 484 g/mol. The second-order valence-electron chi connectivity index (χ2n) is 8.01. The molecule has 0 radical (unpaired) electrons. The Morgan fingerprint density at radius 3 is 2.46 bits per heavy atom. The lowest BCUT2D eigenvalue weighted by Crippen LogP contribution is -2.23. The van der Waals surface area contributed by atoms with Gasteiger partial charge in [0, 0.05) is 12.3 Å². The number of benzene rings is 3. The van der Waals surface area contributed by atoms with Crippen molar-refractivity contribution in [3.05, 3.63) is 102 Å².